The maximum atomic E-state index is 12.2. The van der Waals surface area contributed by atoms with Crippen molar-refractivity contribution >= 4 is 17.2 Å². The summed E-state index contributed by atoms with van der Waals surface area (Å²) in [4.78, 5) is 16.4. The Hall–Kier alpha value is -2.15. The van der Waals surface area contributed by atoms with Gasteiger partial charge in [-0.05, 0) is 12.5 Å². The van der Waals surface area contributed by atoms with E-state index in [-0.39, 0.29) is 11.9 Å². The quantitative estimate of drug-likeness (QED) is 0.830. The highest BCUT2D eigenvalue weighted by molar-refractivity contribution is 5.93. The molecular formula is C12H15N5O2. The number of ether oxygens (including phenoxy) is 1. The van der Waals surface area contributed by atoms with Crippen molar-refractivity contribution in [2.75, 3.05) is 25.6 Å². The molecule has 0 saturated carbocycles. The summed E-state index contributed by atoms with van der Waals surface area (Å²) in [5.41, 5.74) is 1.90. The second kappa shape index (κ2) is 4.85. The molecule has 1 aliphatic heterocycles. The number of carbonyl (C=O) groups excluding carboxylic acids is 1. The number of nitrogens with zero attached hydrogens (tertiary/aromatic N) is 3. The third kappa shape index (κ3) is 2.12. The van der Waals surface area contributed by atoms with E-state index in [0.717, 1.165) is 12.1 Å². The standard InChI is InChI=1S/C12H15N5O2/c1-13-9-2-4-15-17-10(6-14-11(9)17)12(18)16-8-3-5-19-7-8/h2,4,6,8,13H,3,5,7H2,1H3,(H,16,18). The average molecular weight is 261 g/mol. The molecule has 7 heteroatoms. The Morgan fingerprint density at radius 2 is 2.47 bits per heavy atom. The van der Waals surface area contributed by atoms with Crippen molar-refractivity contribution in [3.8, 4) is 0 Å². The minimum atomic E-state index is -0.177. The van der Waals surface area contributed by atoms with Gasteiger partial charge in [0.1, 0.15) is 0 Å². The van der Waals surface area contributed by atoms with E-state index < -0.39 is 0 Å². The van der Waals surface area contributed by atoms with Gasteiger partial charge in [0.15, 0.2) is 11.3 Å². The molecule has 0 aliphatic carbocycles. The molecule has 2 N–H and O–H groups in total. The Labute approximate surface area is 110 Å². The molecule has 100 valence electrons. The van der Waals surface area contributed by atoms with E-state index in [1.807, 2.05) is 6.07 Å². The monoisotopic (exact) mass is 261 g/mol. The fraction of sp³-hybridized carbons (Fsp3) is 0.417. The van der Waals surface area contributed by atoms with Crippen LogP contribution in [0.3, 0.4) is 0 Å². The van der Waals surface area contributed by atoms with Crippen LogP contribution >= 0.6 is 0 Å². The predicted molar refractivity (Wildman–Crippen MR) is 69.2 cm³/mol. The molecule has 1 unspecified atom stereocenters. The van der Waals surface area contributed by atoms with Gasteiger partial charge in [-0.25, -0.2) is 9.50 Å². The molecule has 0 bridgehead atoms. The van der Waals surface area contributed by atoms with Gasteiger partial charge in [-0.15, -0.1) is 0 Å². The van der Waals surface area contributed by atoms with Gasteiger partial charge >= 0.3 is 0 Å². The molecule has 3 heterocycles. The molecule has 7 nitrogen and oxygen atoms in total. The number of fused-ring (bicyclic) bond motifs is 1. The number of carbonyl (C=O) groups is 1. The van der Waals surface area contributed by atoms with Crippen molar-refractivity contribution in [3.05, 3.63) is 24.2 Å². The predicted octanol–water partition coefficient (Wildman–Crippen LogP) is 0.290. The maximum absolute atomic E-state index is 12.2. The van der Waals surface area contributed by atoms with E-state index in [4.69, 9.17) is 4.74 Å². The van der Waals surface area contributed by atoms with E-state index >= 15 is 0 Å². The van der Waals surface area contributed by atoms with Crippen LogP contribution < -0.4 is 10.6 Å². The van der Waals surface area contributed by atoms with E-state index in [1.54, 1.807) is 13.2 Å². The Bertz CT molecular complexity index is 603. The van der Waals surface area contributed by atoms with Crippen LogP contribution in [0.15, 0.2) is 18.5 Å². The van der Waals surface area contributed by atoms with Gasteiger partial charge in [-0.2, -0.15) is 5.10 Å². The molecule has 1 atom stereocenters. The Morgan fingerprint density at radius 1 is 1.58 bits per heavy atom. The summed E-state index contributed by atoms with van der Waals surface area (Å²) in [6, 6.07) is 1.89. The normalized spacial score (nSPS) is 18.7. The van der Waals surface area contributed by atoms with Gasteiger partial charge in [0, 0.05) is 13.7 Å². The molecule has 1 saturated heterocycles. The van der Waals surface area contributed by atoms with Crippen LogP contribution in [0.4, 0.5) is 5.69 Å². The first-order valence-electron chi connectivity index (χ1n) is 6.18. The van der Waals surface area contributed by atoms with Crippen molar-refractivity contribution in [2.45, 2.75) is 12.5 Å². The Balaban J connectivity index is 1.90. The minimum absolute atomic E-state index is 0.0746. The zero-order valence-corrected chi connectivity index (χ0v) is 10.6. The zero-order chi connectivity index (χ0) is 13.2. The molecule has 0 radical (unpaired) electrons. The number of amides is 1. The highest BCUT2D eigenvalue weighted by Gasteiger charge is 2.21. The molecule has 1 amide bonds. The summed E-state index contributed by atoms with van der Waals surface area (Å²) in [6.45, 7) is 1.26. The van der Waals surface area contributed by atoms with Gasteiger partial charge in [0.05, 0.1) is 30.7 Å². The number of nitrogens with one attached hydrogen (secondary N) is 2. The van der Waals surface area contributed by atoms with Gasteiger partial charge in [-0.1, -0.05) is 0 Å². The maximum Gasteiger partial charge on any atom is 0.271 e. The van der Waals surface area contributed by atoms with Crippen LogP contribution in [0.1, 0.15) is 16.9 Å². The second-order valence-electron chi connectivity index (χ2n) is 4.41. The van der Waals surface area contributed by atoms with Gasteiger partial charge in [-0.3, -0.25) is 4.79 Å². The highest BCUT2D eigenvalue weighted by atomic mass is 16.5. The molecule has 1 aliphatic rings. The fourth-order valence-electron chi connectivity index (χ4n) is 2.15. The van der Waals surface area contributed by atoms with Gasteiger partial charge < -0.3 is 15.4 Å². The van der Waals surface area contributed by atoms with Crippen LogP contribution in [-0.2, 0) is 4.74 Å². The molecule has 19 heavy (non-hydrogen) atoms. The Kier molecular flexibility index (Phi) is 3.04. The summed E-state index contributed by atoms with van der Waals surface area (Å²) in [6.07, 6.45) is 4.02. The molecule has 0 spiro atoms. The van der Waals surface area contributed by atoms with Gasteiger partial charge in [0.2, 0.25) is 0 Å². The van der Waals surface area contributed by atoms with Crippen molar-refractivity contribution in [2.24, 2.45) is 0 Å². The number of imidazole rings is 1. The van der Waals surface area contributed by atoms with Crippen molar-refractivity contribution < 1.29 is 9.53 Å². The first-order chi connectivity index (χ1) is 9.29. The SMILES string of the molecule is CNc1ccnn2c(C(=O)NC3CCOC3)cnc12. The summed E-state index contributed by atoms with van der Waals surface area (Å²) < 4.78 is 6.78. The lowest BCUT2D eigenvalue weighted by molar-refractivity contribution is 0.0923. The van der Waals surface area contributed by atoms with E-state index in [9.17, 15) is 4.79 Å². The zero-order valence-electron chi connectivity index (χ0n) is 10.6. The van der Waals surface area contributed by atoms with Crippen LogP contribution in [0.25, 0.3) is 5.65 Å². The lowest BCUT2D eigenvalue weighted by atomic mass is 10.2. The first kappa shape index (κ1) is 11.9. The number of rotatable bonds is 3. The van der Waals surface area contributed by atoms with Crippen LogP contribution in [0.2, 0.25) is 0 Å². The van der Waals surface area contributed by atoms with Crippen LogP contribution in [0.5, 0.6) is 0 Å². The third-order valence-corrected chi connectivity index (χ3v) is 3.17. The third-order valence-electron chi connectivity index (χ3n) is 3.17. The topological polar surface area (TPSA) is 80.6 Å². The summed E-state index contributed by atoms with van der Waals surface area (Å²) in [7, 11) is 1.81. The number of hydrogen-bond acceptors (Lipinski definition) is 5. The molecule has 2 aromatic heterocycles. The molecule has 1 fully saturated rings. The molecular weight excluding hydrogens is 246 g/mol. The van der Waals surface area contributed by atoms with E-state index in [0.29, 0.717) is 24.6 Å². The summed E-state index contributed by atoms with van der Waals surface area (Å²) in [5.74, 6) is -0.177. The minimum Gasteiger partial charge on any atom is -0.385 e. The molecule has 3 rings (SSSR count). The van der Waals surface area contributed by atoms with Crippen molar-refractivity contribution in [3.63, 3.8) is 0 Å². The second-order valence-corrected chi connectivity index (χ2v) is 4.41. The largest absolute Gasteiger partial charge is 0.385 e. The van der Waals surface area contributed by atoms with Crippen LogP contribution in [-0.4, -0.2) is 46.8 Å². The smallest absolute Gasteiger partial charge is 0.271 e. The lowest BCUT2D eigenvalue weighted by Gasteiger charge is -2.09. The number of hydrogen-bond donors (Lipinski definition) is 2. The first-order valence-corrected chi connectivity index (χ1v) is 6.18. The number of aromatic nitrogens is 3. The Morgan fingerprint density at radius 3 is 3.21 bits per heavy atom. The fourth-order valence-corrected chi connectivity index (χ4v) is 2.15. The molecule has 2 aromatic rings. The van der Waals surface area contributed by atoms with Crippen molar-refractivity contribution in [1.29, 1.82) is 0 Å². The average Bonchev–Trinajstić information content (AvgIpc) is 3.06. The summed E-state index contributed by atoms with van der Waals surface area (Å²) in [5, 5.41) is 10.1. The van der Waals surface area contributed by atoms with Gasteiger partial charge in [0.25, 0.3) is 5.91 Å². The number of anilines is 1. The van der Waals surface area contributed by atoms with Crippen LogP contribution in [0, 0.1) is 0 Å². The highest BCUT2D eigenvalue weighted by Crippen LogP contribution is 2.15. The van der Waals surface area contributed by atoms with Crippen molar-refractivity contribution in [1.82, 2.24) is 19.9 Å². The lowest BCUT2D eigenvalue weighted by Crippen LogP contribution is -2.35. The molecule has 0 aromatic carbocycles. The summed E-state index contributed by atoms with van der Waals surface area (Å²) >= 11 is 0. The van der Waals surface area contributed by atoms with E-state index in [1.165, 1.54) is 10.7 Å². The van der Waals surface area contributed by atoms with E-state index in [2.05, 4.69) is 20.7 Å².